The number of pyridine rings is 1. The monoisotopic (exact) mass is 199 g/mol. The second kappa shape index (κ2) is 4.23. The molecule has 0 aliphatic heterocycles. The predicted octanol–water partition coefficient (Wildman–Crippen LogP) is 2.05. The lowest BCUT2D eigenvalue weighted by molar-refractivity contribution is -0.108. The molecule has 0 N–H and O–H groups in total. The van der Waals surface area contributed by atoms with Gasteiger partial charge in [0.25, 0.3) is 0 Å². The molecule has 0 saturated heterocycles. The maximum Gasteiger partial charge on any atom is 0.218 e. The largest absolute Gasteiger partial charge is 0.481 e. The Morgan fingerprint density at radius 2 is 2.31 bits per heavy atom. The van der Waals surface area contributed by atoms with Crippen molar-refractivity contribution in [1.29, 1.82) is 0 Å². The van der Waals surface area contributed by atoms with E-state index in [0.29, 0.717) is 11.0 Å². The van der Waals surface area contributed by atoms with Crippen molar-refractivity contribution in [2.75, 3.05) is 7.11 Å². The molecule has 0 amide bonds. The maximum absolute atomic E-state index is 10.5. The fourth-order valence-corrected chi connectivity index (χ4v) is 1.15. The third-order valence-corrected chi connectivity index (χ3v) is 1.95. The van der Waals surface area contributed by atoms with Crippen molar-refractivity contribution in [2.24, 2.45) is 0 Å². The number of ether oxygens (including phenoxy) is 1. The molecule has 1 unspecified atom stereocenters. The topological polar surface area (TPSA) is 39.2 Å². The number of carbonyl (C=O) groups is 1. The average Bonchev–Trinajstić information content (AvgIpc) is 2.16. The molecule has 0 spiro atoms. The van der Waals surface area contributed by atoms with E-state index in [4.69, 9.17) is 16.3 Å². The van der Waals surface area contributed by atoms with E-state index < -0.39 is 0 Å². The molecule has 0 fully saturated rings. The summed E-state index contributed by atoms with van der Waals surface area (Å²) >= 11 is 5.66. The number of aromatic nitrogens is 1. The summed E-state index contributed by atoms with van der Waals surface area (Å²) in [5.74, 6) is 0.187. The lowest BCUT2D eigenvalue weighted by atomic mass is 10.1. The first kappa shape index (κ1) is 9.99. The quantitative estimate of drug-likeness (QED) is 0.553. The number of rotatable bonds is 3. The van der Waals surface area contributed by atoms with Gasteiger partial charge in [0.2, 0.25) is 5.88 Å². The molecule has 3 nitrogen and oxygen atoms in total. The van der Waals surface area contributed by atoms with Crippen LogP contribution in [0, 0.1) is 0 Å². The number of aldehydes is 1. The zero-order chi connectivity index (χ0) is 9.84. The molecular formula is C9H10ClNO2. The van der Waals surface area contributed by atoms with Gasteiger partial charge < -0.3 is 9.53 Å². The van der Waals surface area contributed by atoms with E-state index in [1.165, 1.54) is 7.11 Å². The minimum atomic E-state index is -0.222. The van der Waals surface area contributed by atoms with Crippen molar-refractivity contribution >= 4 is 17.9 Å². The summed E-state index contributed by atoms with van der Waals surface area (Å²) in [6, 6.07) is 3.38. The number of carbonyl (C=O) groups excluding carboxylic acids is 1. The molecule has 70 valence electrons. The van der Waals surface area contributed by atoms with Crippen molar-refractivity contribution in [2.45, 2.75) is 12.8 Å². The Bertz CT molecular complexity index is 314. The Labute approximate surface area is 81.7 Å². The van der Waals surface area contributed by atoms with Crippen molar-refractivity contribution < 1.29 is 9.53 Å². The molecule has 0 aromatic carbocycles. The van der Waals surface area contributed by atoms with E-state index >= 15 is 0 Å². The molecule has 1 aromatic rings. The second-order valence-electron chi connectivity index (χ2n) is 2.66. The van der Waals surface area contributed by atoms with Crippen molar-refractivity contribution in [3.05, 3.63) is 22.8 Å². The van der Waals surface area contributed by atoms with Gasteiger partial charge in [-0.1, -0.05) is 18.5 Å². The average molecular weight is 200 g/mol. The Morgan fingerprint density at radius 3 is 2.85 bits per heavy atom. The van der Waals surface area contributed by atoms with E-state index in [1.54, 1.807) is 19.1 Å². The van der Waals surface area contributed by atoms with Crippen LogP contribution >= 0.6 is 11.6 Å². The van der Waals surface area contributed by atoms with Gasteiger partial charge in [0.05, 0.1) is 7.11 Å². The normalized spacial score (nSPS) is 12.2. The first-order chi connectivity index (χ1) is 6.19. The van der Waals surface area contributed by atoms with Gasteiger partial charge in [-0.3, -0.25) is 0 Å². The highest BCUT2D eigenvalue weighted by Gasteiger charge is 2.11. The first-order valence-electron chi connectivity index (χ1n) is 3.84. The molecule has 0 bridgehead atoms. The molecule has 1 atom stereocenters. The second-order valence-corrected chi connectivity index (χ2v) is 3.04. The minimum Gasteiger partial charge on any atom is -0.481 e. The van der Waals surface area contributed by atoms with E-state index in [1.807, 2.05) is 0 Å². The Hall–Kier alpha value is -1.09. The smallest absolute Gasteiger partial charge is 0.218 e. The van der Waals surface area contributed by atoms with Crippen LogP contribution in [0.4, 0.5) is 0 Å². The van der Waals surface area contributed by atoms with Gasteiger partial charge in [-0.05, 0) is 12.1 Å². The van der Waals surface area contributed by atoms with Gasteiger partial charge in [0.1, 0.15) is 11.4 Å². The van der Waals surface area contributed by atoms with Crippen molar-refractivity contribution in [3.63, 3.8) is 0 Å². The van der Waals surface area contributed by atoms with Gasteiger partial charge in [-0.15, -0.1) is 0 Å². The van der Waals surface area contributed by atoms with Crippen LogP contribution in [0.1, 0.15) is 18.4 Å². The Morgan fingerprint density at radius 1 is 1.62 bits per heavy atom. The predicted molar refractivity (Wildman–Crippen MR) is 50.3 cm³/mol. The Balaban J connectivity index is 3.12. The van der Waals surface area contributed by atoms with E-state index in [2.05, 4.69) is 4.98 Å². The third kappa shape index (κ3) is 2.18. The van der Waals surface area contributed by atoms with E-state index in [-0.39, 0.29) is 5.92 Å². The zero-order valence-corrected chi connectivity index (χ0v) is 8.21. The van der Waals surface area contributed by atoms with E-state index in [0.717, 1.165) is 11.8 Å². The lowest BCUT2D eigenvalue weighted by Gasteiger charge is -2.08. The number of halogens is 1. The fourth-order valence-electron chi connectivity index (χ4n) is 1.01. The third-order valence-electron chi connectivity index (χ3n) is 1.74. The number of hydrogen-bond donors (Lipinski definition) is 0. The van der Waals surface area contributed by atoms with Crippen molar-refractivity contribution in [1.82, 2.24) is 4.98 Å². The van der Waals surface area contributed by atoms with Gasteiger partial charge in [0.15, 0.2) is 0 Å². The van der Waals surface area contributed by atoms with Crippen LogP contribution in [-0.2, 0) is 4.79 Å². The zero-order valence-electron chi connectivity index (χ0n) is 7.45. The van der Waals surface area contributed by atoms with Gasteiger partial charge >= 0.3 is 0 Å². The van der Waals surface area contributed by atoms with Gasteiger partial charge in [0, 0.05) is 11.5 Å². The van der Waals surface area contributed by atoms with Crippen LogP contribution in [0.3, 0.4) is 0 Å². The van der Waals surface area contributed by atoms with Crippen LogP contribution in [0.25, 0.3) is 0 Å². The minimum absolute atomic E-state index is 0.222. The Kier molecular flexibility index (Phi) is 3.25. The fraction of sp³-hybridized carbons (Fsp3) is 0.333. The van der Waals surface area contributed by atoms with Crippen LogP contribution < -0.4 is 4.74 Å². The maximum atomic E-state index is 10.5. The highest BCUT2D eigenvalue weighted by Crippen LogP contribution is 2.24. The number of methoxy groups -OCH3 is 1. The highest BCUT2D eigenvalue weighted by molar-refractivity contribution is 6.29. The van der Waals surface area contributed by atoms with Crippen LogP contribution in [0.15, 0.2) is 12.1 Å². The summed E-state index contributed by atoms with van der Waals surface area (Å²) in [4.78, 5) is 14.5. The molecule has 0 saturated carbocycles. The van der Waals surface area contributed by atoms with Gasteiger partial charge in [-0.2, -0.15) is 0 Å². The highest BCUT2D eigenvalue weighted by atomic mass is 35.5. The summed E-state index contributed by atoms with van der Waals surface area (Å²) in [5.41, 5.74) is 0.752. The molecule has 0 aliphatic rings. The van der Waals surface area contributed by atoms with Crippen LogP contribution in [0.2, 0.25) is 5.15 Å². The summed E-state index contributed by atoms with van der Waals surface area (Å²) in [6.45, 7) is 1.78. The molecule has 1 aromatic heterocycles. The first-order valence-corrected chi connectivity index (χ1v) is 4.22. The van der Waals surface area contributed by atoms with Crippen LogP contribution in [-0.4, -0.2) is 18.4 Å². The molecule has 0 aliphatic carbocycles. The SMILES string of the molecule is COc1nc(Cl)ccc1C(C)C=O. The standard InChI is InChI=1S/C9H10ClNO2/c1-6(5-12)7-3-4-8(10)11-9(7)13-2/h3-6H,1-2H3. The molecule has 13 heavy (non-hydrogen) atoms. The molecular weight excluding hydrogens is 190 g/mol. The van der Waals surface area contributed by atoms with Gasteiger partial charge in [-0.25, -0.2) is 4.98 Å². The lowest BCUT2D eigenvalue weighted by Crippen LogP contribution is -2.00. The molecule has 1 heterocycles. The summed E-state index contributed by atoms with van der Waals surface area (Å²) < 4.78 is 4.99. The molecule has 4 heteroatoms. The number of hydrogen-bond acceptors (Lipinski definition) is 3. The number of nitrogens with zero attached hydrogens (tertiary/aromatic N) is 1. The van der Waals surface area contributed by atoms with Crippen molar-refractivity contribution in [3.8, 4) is 5.88 Å². The molecule has 0 radical (unpaired) electrons. The summed E-state index contributed by atoms with van der Waals surface area (Å²) in [6.07, 6.45) is 0.841. The molecule has 1 rings (SSSR count). The summed E-state index contributed by atoms with van der Waals surface area (Å²) in [5, 5.41) is 0.360. The summed E-state index contributed by atoms with van der Waals surface area (Å²) in [7, 11) is 1.50. The van der Waals surface area contributed by atoms with E-state index in [9.17, 15) is 4.79 Å². The van der Waals surface area contributed by atoms with Crippen LogP contribution in [0.5, 0.6) is 5.88 Å².